The third-order valence-corrected chi connectivity index (χ3v) is 11.4. The Morgan fingerprint density at radius 3 is 2.33 bits per heavy atom. The van der Waals surface area contributed by atoms with Gasteiger partial charge in [0.1, 0.15) is 0 Å². The molecule has 0 saturated heterocycles. The van der Waals surface area contributed by atoms with Gasteiger partial charge in [-0.3, -0.25) is 0 Å². The number of fused-ring (bicyclic) bond motifs is 5. The van der Waals surface area contributed by atoms with E-state index in [4.69, 9.17) is 4.74 Å². The van der Waals surface area contributed by atoms with Crippen molar-refractivity contribution in [3.05, 3.63) is 0 Å². The Kier molecular flexibility index (Phi) is 7.02. The van der Waals surface area contributed by atoms with Crippen LogP contribution in [0, 0.1) is 52.3 Å². The Hall–Kier alpha value is -0.290. The molecule has 0 amide bonds. The number of methoxy groups -OCH3 is 1. The molecule has 0 aliphatic heterocycles. The molecule has 0 aromatic carbocycles. The number of alkyl halides is 3. The highest BCUT2D eigenvalue weighted by Crippen LogP contribution is 2.69. The lowest BCUT2D eigenvalue weighted by molar-refractivity contribution is -0.177. The zero-order chi connectivity index (χ0) is 24.2. The zero-order valence-electron chi connectivity index (χ0n) is 21.5. The normalized spacial score (nSPS) is 47.4. The summed E-state index contributed by atoms with van der Waals surface area (Å²) >= 11 is 0. The molecule has 0 heterocycles. The van der Waals surface area contributed by atoms with E-state index in [9.17, 15) is 18.3 Å². The Bertz CT molecular complexity index is 691. The van der Waals surface area contributed by atoms with E-state index in [0.29, 0.717) is 41.9 Å². The number of halogens is 3. The van der Waals surface area contributed by atoms with Crippen LogP contribution in [0.1, 0.15) is 98.3 Å². The van der Waals surface area contributed by atoms with Crippen LogP contribution in [0.15, 0.2) is 0 Å². The van der Waals surface area contributed by atoms with Crippen LogP contribution in [-0.4, -0.2) is 30.6 Å². The highest BCUT2D eigenvalue weighted by Gasteiger charge is 2.62. The van der Waals surface area contributed by atoms with Crippen LogP contribution in [0.2, 0.25) is 0 Å². The van der Waals surface area contributed by atoms with Gasteiger partial charge in [-0.2, -0.15) is 13.2 Å². The van der Waals surface area contributed by atoms with Gasteiger partial charge >= 0.3 is 6.18 Å². The van der Waals surface area contributed by atoms with Crippen molar-refractivity contribution in [2.75, 3.05) is 13.7 Å². The number of hydrogen-bond donors (Lipinski definition) is 1. The average molecular weight is 473 g/mol. The summed E-state index contributed by atoms with van der Waals surface area (Å²) in [6, 6.07) is 0. The summed E-state index contributed by atoms with van der Waals surface area (Å²) in [6.45, 7) is 8.87. The quantitative estimate of drug-likeness (QED) is 0.430. The molecule has 4 fully saturated rings. The Morgan fingerprint density at radius 2 is 1.67 bits per heavy atom. The van der Waals surface area contributed by atoms with Crippen LogP contribution < -0.4 is 0 Å². The van der Waals surface area contributed by atoms with Crippen LogP contribution in [0.4, 0.5) is 13.2 Å². The summed E-state index contributed by atoms with van der Waals surface area (Å²) < 4.78 is 45.1. The summed E-state index contributed by atoms with van der Waals surface area (Å²) in [5.41, 5.74) is -0.0737. The van der Waals surface area contributed by atoms with Crippen molar-refractivity contribution in [1.82, 2.24) is 0 Å². The lowest BCUT2D eigenvalue weighted by Crippen LogP contribution is -2.58. The van der Waals surface area contributed by atoms with E-state index < -0.39 is 17.7 Å². The highest BCUT2D eigenvalue weighted by molar-refractivity contribution is 5.11. The molecule has 2 nitrogen and oxygen atoms in total. The average Bonchev–Trinajstić information content (AvgIpc) is 3.08. The first-order valence-electron chi connectivity index (χ1n) is 13.6. The third-order valence-electron chi connectivity index (χ3n) is 11.4. The van der Waals surface area contributed by atoms with E-state index in [1.807, 2.05) is 14.0 Å². The zero-order valence-corrected chi connectivity index (χ0v) is 21.5. The summed E-state index contributed by atoms with van der Waals surface area (Å²) in [4.78, 5) is 0. The first kappa shape index (κ1) is 25.8. The lowest BCUT2D eigenvalue weighted by Gasteiger charge is -2.63. The van der Waals surface area contributed by atoms with Gasteiger partial charge in [-0.15, -0.1) is 0 Å². The fraction of sp³-hybridized carbons (Fsp3) is 1.00. The first-order valence-corrected chi connectivity index (χ1v) is 13.6. The van der Waals surface area contributed by atoms with Crippen LogP contribution in [0.3, 0.4) is 0 Å². The van der Waals surface area contributed by atoms with Gasteiger partial charge in [0, 0.05) is 7.11 Å². The summed E-state index contributed by atoms with van der Waals surface area (Å²) in [7, 11) is 1.84. The molecule has 5 heteroatoms. The molecule has 1 unspecified atom stereocenters. The molecule has 0 spiro atoms. The van der Waals surface area contributed by atoms with E-state index in [-0.39, 0.29) is 17.3 Å². The van der Waals surface area contributed by atoms with Gasteiger partial charge in [0.25, 0.3) is 0 Å². The van der Waals surface area contributed by atoms with Crippen molar-refractivity contribution in [2.45, 2.75) is 110 Å². The molecule has 0 aromatic rings. The second-order valence-corrected chi connectivity index (χ2v) is 13.2. The van der Waals surface area contributed by atoms with Crippen molar-refractivity contribution in [2.24, 2.45) is 52.3 Å². The van der Waals surface area contributed by atoms with Crippen LogP contribution in [-0.2, 0) is 4.74 Å². The van der Waals surface area contributed by atoms with Gasteiger partial charge in [-0.25, -0.2) is 0 Å². The van der Waals surface area contributed by atoms with Crippen molar-refractivity contribution in [3.8, 4) is 0 Å². The van der Waals surface area contributed by atoms with Gasteiger partial charge < -0.3 is 9.84 Å². The number of aliphatic hydroxyl groups is 1. The fourth-order valence-corrected chi connectivity index (χ4v) is 9.64. The number of ether oxygens (including phenoxy) is 1. The third kappa shape index (κ3) is 4.52. The van der Waals surface area contributed by atoms with Gasteiger partial charge in [-0.05, 0) is 124 Å². The second-order valence-electron chi connectivity index (χ2n) is 13.2. The van der Waals surface area contributed by atoms with Gasteiger partial charge in [0.2, 0.25) is 0 Å². The molecule has 33 heavy (non-hydrogen) atoms. The molecule has 4 saturated carbocycles. The van der Waals surface area contributed by atoms with Crippen LogP contribution in [0.25, 0.3) is 0 Å². The van der Waals surface area contributed by atoms with Crippen LogP contribution in [0.5, 0.6) is 0 Å². The molecule has 4 rings (SSSR count). The smallest absolute Gasteiger partial charge is 0.390 e. The monoisotopic (exact) mass is 472 g/mol. The number of rotatable bonds is 6. The Balaban J connectivity index is 1.49. The minimum absolute atomic E-state index is 0.201. The molecular weight excluding hydrogens is 425 g/mol. The topological polar surface area (TPSA) is 29.5 Å². The molecule has 4 aliphatic carbocycles. The fourth-order valence-electron chi connectivity index (χ4n) is 9.64. The largest absolute Gasteiger partial charge is 0.391 e. The minimum atomic E-state index is -4.07. The van der Waals surface area contributed by atoms with Gasteiger partial charge in [-0.1, -0.05) is 20.8 Å². The molecule has 0 bridgehead atoms. The summed E-state index contributed by atoms with van der Waals surface area (Å²) in [6.07, 6.45) is 7.01. The molecule has 4 aliphatic rings. The van der Waals surface area contributed by atoms with E-state index in [0.717, 1.165) is 25.9 Å². The maximum Gasteiger partial charge on any atom is 0.391 e. The van der Waals surface area contributed by atoms with E-state index >= 15 is 0 Å². The van der Waals surface area contributed by atoms with Gasteiger partial charge in [0.15, 0.2) is 0 Å². The molecule has 192 valence electrons. The SMILES string of the molecule is COC[C@]12CC[C@](C)(O)C[C@@H]1CC[C@H]1[C@@H]3CC[C@H]([C@H](C)CCC(C)C(F)(F)F)[C@@]3(C)CC[C@@H]12. The molecule has 0 aromatic heterocycles. The molecule has 10 atom stereocenters. The summed E-state index contributed by atoms with van der Waals surface area (Å²) in [5.74, 6) is 2.33. The molecule has 0 radical (unpaired) electrons. The van der Waals surface area contributed by atoms with Gasteiger partial charge in [0.05, 0.1) is 18.1 Å². The summed E-state index contributed by atoms with van der Waals surface area (Å²) in [5, 5.41) is 10.8. The van der Waals surface area contributed by atoms with E-state index in [1.54, 1.807) is 0 Å². The van der Waals surface area contributed by atoms with Crippen molar-refractivity contribution in [1.29, 1.82) is 0 Å². The standard InChI is InChI=1S/C28H47F3O2/c1-18(6-7-19(2)28(29,30)31)22-10-11-23-21-9-8-20-16-25(3,32)14-15-27(20,17-33-5)24(21)12-13-26(22,23)4/h18-24,32H,6-17H2,1-5H3/t18-,19?,20+,21+,22-,23+,24+,25+,26-,27-/m1/s1. The second kappa shape index (κ2) is 8.98. The highest BCUT2D eigenvalue weighted by atomic mass is 19.4. The Morgan fingerprint density at radius 1 is 0.939 bits per heavy atom. The lowest BCUT2D eigenvalue weighted by atomic mass is 9.43. The predicted molar refractivity (Wildman–Crippen MR) is 126 cm³/mol. The van der Waals surface area contributed by atoms with Crippen LogP contribution >= 0.6 is 0 Å². The van der Waals surface area contributed by atoms with Crippen molar-refractivity contribution in [3.63, 3.8) is 0 Å². The Labute approximate surface area is 199 Å². The minimum Gasteiger partial charge on any atom is -0.390 e. The molecule has 1 N–H and O–H groups in total. The van der Waals surface area contributed by atoms with Crippen molar-refractivity contribution < 1.29 is 23.0 Å². The maximum absolute atomic E-state index is 13.1. The molecular formula is C28H47F3O2. The van der Waals surface area contributed by atoms with E-state index in [2.05, 4.69) is 13.8 Å². The maximum atomic E-state index is 13.1. The first-order chi connectivity index (χ1) is 15.3. The predicted octanol–water partition coefficient (Wildman–Crippen LogP) is 7.64. The number of hydrogen-bond acceptors (Lipinski definition) is 2. The van der Waals surface area contributed by atoms with E-state index in [1.165, 1.54) is 45.4 Å². The van der Waals surface area contributed by atoms with Crippen molar-refractivity contribution >= 4 is 0 Å².